The van der Waals surface area contributed by atoms with Gasteiger partial charge in [-0.15, -0.1) is 0 Å². The molecule has 0 saturated heterocycles. The van der Waals surface area contributed by atoms with Crippen molar-refractivity contribution in [3.8, 4) is 0 Å². The molecule has 0 saturated carbocycles. The maximum Gasteiger partial charge on any atom is 0.270 e. The van der Waals surface area contributed by atoms with E-state index in [1.165, 1.54) is 12.3 Å². The maximum atomic E-state index is 13.7. The van der Waals surface area contributed by atoms with Gasteiger partial charge in [0.25, 0.3) is 5.91 Å². The quantitative estimate of drug-likeness (QED) is 0.689. The molecule has 6 heteroatoms. The lowest BCUT2D eigenvalue weighted by atomic mass is 10.2. The first-order valence-electron chi connectivity index (χ1n) is 8.00. The predicted octanol–water partition coefficient (Wildman–Crippen LogP) is 4.52. The molecule has 0 atom stereocenters. The smallest absolute Gasteiger partial charge is 0.267 e. The average molecular weight is 353 g/mol. The number of amides is 1. The second-order valence-electron chi connectivity index (χ2n) is 5.82. The average Bonchev–Trinajstić information content (AvgIpc) is 2.89. The number of aliphatic imine (C=N–C) groups is 1. The minimum atomic E-state index is -0.729. The standard InChI is InChI=1S/C20H17F2N3O/c1-13-10-16(12-23-19-9-8-17(21)11-18(19)22)14(2)25(13)24-20(26)15-6-4-3-5-7-15/h3-12H,1-2H3,(H,24,26). The van der Waals surface area contributed by atoms with Crippen LogP contribution in [0.2, 0.25) is 0 Å². The van der Waals surface area contributed by atoms with Crippen LogP contribution in [0.1, 0.15) is 27.3 Å². The number of hydrogen-bond acceptors (Lipinski definition) is 2. The lowest BCUT2D eigenvalue weighted by Gasteiger charge is -2.11. The number of hydrogen-bond donors (Lipinski definition) is 1. The maximum absolute atomic E-state index is 13.7. The zero-order valence-corrected chi connectivity index (χ0v) is 14.3. The highest BCUT2D eigenvalue weighted by Crippen LogP contribution is 2.19. The zero-order chi connectivity index (χ0) is 18.7. The van der Waals surface area contributed by atoms with Gasteiger partial charge in [-0.3, -0.25) is 19.9 Å². The van der Waals surface area contributed by atoms with Gasteiger partial charge in [0.15, 0.2) is 5.82 Å². The van der Waals surface area contributed by atoms with Gasteiger partial charge in [-0.2, -0.15) is 0 Å². The van der Waals surface area contributed by atoms with Crippen molar-refractivity contribution in [2.45, 2.75) is 13.8 Å². The SMILES string of the molecule is Cc1cc(C=Nc2ccc(F)cc2F)c(C)n1NC(=O)c1ccccc1. The molecule has 0 aliphatic carbocycles. The van der Waals surface area contributed by atoms with Gasteiger partial charge >= 0.3 is 0 Å². The van der Waals surface area contributed by atoms with Crippen LogP contribution in [-0.4, -0.2) is 16.8 Å². The molecule has 0 spiro atoms. The van der Waals surface area contributed by atoms with E-state index >= 15 is 0 Å². The number of nitrogens with one attached hydrogen (secondary N) is 1. The fourth-order valence-electron chi connectivity index (χ4n) is 2.57. The number of benzene rings is 2. The molecule has 1 heterocycles. The monoisotopic (exact) mass is 353 g/mol. The van der Waals surface area contributed by atoms with E-state index in [1.54, 1.807) is 28.9 Å². The summed E-state index contributed by atoms with van der Waals surface area (Å²) < 4.78 is 28.3. The fraction of sp³-hybridized carbons (Fsp3) is 0.100. The van der Waals surface area contributed by atoms with Crippen LogP contribution >= 0.6 is 0 Å². The topological polar surface area (TPSA) is 46.4 Å². The van der Waals surface area contributed by atoms with E-state index < -0.39 is 11.6 Å². The molecule has 0 unspecified atom stereocenters. The summed E-state index contributed by atoms with van der Waals surface area (Å²) >= 11 is 0. The fourth-order valence-corrected chi connectivity index (χ4v) is 2.57. The Morgan fingerprint density at radius 3 is 2.50 bits per heavy atom. The van der Waals surface area contributed by atoms with Gasteiger partial charge in [0, 0.05) is 34.8 Å². The van der Waals surface area contributed by atoms with E-state index in [9.17, 15) is 13.6 Å². The highest BCUT2D eigenvalue weighted by Gasteiger charge is 2.12. The van der Waals surface area contributed by atoms with Gasteiger partial charge in [0.2, 0.25) is 0 Å². The van der Waals surface area contributed by atoms with Crippen molar-refractivity contribution < 1.29 is 13.6 Å². The van der Waals surface area contributed by atoms with Gasteiger partial charge in [-0.05, 0) is 44.2 Å². The summed E-state index contributed by atoms with van der Waals surface area (Å²) in [5.41, 5.74) is 5.68. The van der Waals surface area contributed by atoms with Gasteiger partial charge in [-0.25, -0.2) is 8.78 Å². The Kier molecular flexibility index (Phi) is 4.93. The lowest BCUT2D eigenvalue weighted by Crippen LogP contribution is -2.24. The van der Waals surface area contributed by atoms with Crippen molar-refractivity contribution in [1.29, 1.82) is 0 Å². The van der Waals surface area contributed by atoms with Crippen LogP contribution < -0.4 is 5.43 Å². The van der Waals surface area contributed by atoms with Gasteiger partial charge < -0.3 is 0 Å². The van der Waals surface area contributed by atoms with Crippen molar-refractivity contribution in [3.05, 3.63) is 88.7 Å². The lowest BCUT2D eigenvalue weighted by molar-refractivity contribution is 0.101. The highest BCUT2D eigenvalue weighted by molar-refractivity contribution is 6.00. The first-order chi connectivity index (χ1) is 12.5. The summed E-state index contributed by atoms with van der Waals surface area (Å²) in [6.45, 7) is 3.66. The number of carbonyl (C=O) groups is 1. The second kappa shape index (κ2) is 7.31. The van der Waals surface area contributed by atoms with Crippen molar-refractivity contribution in [3.63, 3.8) is 0 Å². The van der Waals surface area contributed by atoms with E-state index in [2.05, 4.69) is 10.4 Å². The number of halogens is 2. The third-order valence-corrected chi connectivity index (χ3v) is 3.97. The Hall–Kier alpha value is -3.28. The molecule has 4 nitrogen and oxygen atoms in total. The van der Waals surface area contributed by atoms with E-state index in [-0.39, 0.29) is 11.6 Å². The Morgan fingerprint density at radius 1 is 1.08 bits per heavy atom. The molecule has 0 radical (unpaired) electrons. The summed E-state index contributed by atoms with van der Waals surface area (Å²) in [6.07, 6.45) is 1.49. The molecule has 0 aliphatic rings. The van der Waals surface area contributed by atoms with Gasteiger partial charge in [0.05, 0.1) is 5.69 Å². The number of carbonyl (C=O) groups excluding carboxylic acids is 1. The first-order valence-corrected chi connectivity index (χ1v) is 8.00. The van der Waals surface area contributed by atoms with E-state index in [0.717, 1.165) is 29.1 Å². The number of rotatable bonds is 4. The van der Waals surface area contributed by atoms with Crippen LogP contribution in [0, 0.1) is 25.5 Å². The molecular weight excluding hydrogens is 336 g/mol. The second-order valence-corrected chi connectivity index (χ2v) is 5.82. The first kappa shape index (κ1) is 17.5. The minimum Gasteiger partial charge on any atom is -0.267 e. The van der Waals surface area contributed by atoms with Crippen LogP contribution in [0.5, 0.6) is 0 Å². The Morgan fingerprint density at radius 2 is 1.81 bits per heavy atom. The largest absolute Gasteiger partial charge is 0.270 e. The summed E-state index contributed by atoms with van der Waals surface area (Å²) in [4.78, 5) is 16.4. The van der Waals surface area contributed by atoms with Crippen LogP contribution in [0.3, 0.4) is 0 Å². The summed E-state index contributed by atoms with van der Waals surface area (Å²) in [5.74, 6) is -1.61. The van der Waals surface area contributed by atoms with Crippen LogP contribution in [-0.2, 0) is 0 Å². The number of aryl methyl sites for hydroxylation is 1. The molecule has 2 aromatic carbocycles. The molecule has 3 aromatic rings. The Labute approximate surface area is 149 Å². The number of nitrogens with zero attached hydrogens (tertiary/aromatic N) is 2. The van der Waals surface area contributed by atoms with E-state index in [0.29, 0.717) is 5.56 Å². The van der Waals surface area contributed by atoms with Gasteiger partial charge in [-0.1, -0.05) is 18.2 Å². The van der Waals surface area contributed by atoms with Crippen molar-refractivity contribution in [2.75, 3.05) is 5.43 Å². The van der Waals surface area contributed by atoms with Crippen LogP contribution in [0.15, 0.2) is 59.6 Å². The summed E-state index contributed by atoms with van der Waals surface area (Å²) in [5, 5.41) is 0. The van der Waals surface area contributed by atoms with Crippen LogP contribution in [0.25, 0.3) is 0 Å². The molecule has 1 amide bonds. The van der Waals surface area contributed by atoms with E-state index in [1.807, 2.05) is 26.0 Å². The molecule has 132 valence electrons. The number of aromatic nitrogens is 1. The summed E-state index contributed by atoms with van der Waals surface area (Å²) in [6, 6.07) is 13.9. The molecular formula is C20H17F2N3O. The molecule has 1 N–H and O–H groups in total. The van der Waals surface area contributed by atoms with Crippen molar-refractivity contribution in [2.24, 2.45) is 4.99 Å². The normalized spacial score (nSPS) is 11.1. The molecule has 3 rings (SSSR count). The van der Waals surface area contributed by atoms with Crippen molar-refractivity contribution >= 4 is 17.8 Å². The zero-order valence-electron chi connectivity index (χ0n) is 14.3. The van der Waals surface area contributed by atoms with E-state index in [4.69, 9.17) is 0 Å². The Bertz CT molecular complexity index is 978. The molecule has 1 aromatic heterocycles. The summed E-state index contributed by atoms with van der Waals surface area (Å²) in [7, 11) is 0. The third kappa shape index (κ3) is 3.69. The molecule has 0 bridgehead atoms. The predicted molar refractivity (Wildman–Crippen MR) is 97.7 cm³/mol. The molecule has 0 fully saturated rings. The molecule has 26 heavy (non-hydrogen) atoms. The Balaban J connectivity index is 1.84. The molecule has 0 aliphatic heterocycles. The highest BCUT2D eigenvalue weighted by atomic mass is 19.1. The van der Waals surface area contributed by atoms with Crippen molar-refractivity contribution in [1.82, 2.24) is 4.68 Å². The third-order valence-electron chi connectivity index (χ3n) is 3.97. The minimum absolute atomic E-state index is 0.0459. The van der Waals surface area contributed by atoms with Crippen LogP contribution in [0.4, 0.5) is 14.5 Å². The van der Waals surface area contributed by atoms with Gasteiger partial charge in [0.1, 0.15) is 5.82 Å².